The molecule has 1 saturated heterocycles. The number of aromatic nitrogens is 4. The summed E-state index contributed by atoms with van der Waals surface area (Å²) in [5.41, 5.74) is 6.10. The third kappa shape index (κ3) is 2.12. The number of hydrogen-bond acceptors (Lipinski definition) is 8. The van der Waals surface area contributed by atoms with E-state index in [2.05, 4.69) is 15.0 Å². The summed E-state index contributed by atoms with van der Waals surface area (Å²) in [5.74, 6) is 0.477. The van der Waals surface area contributed by atoms with Gasteiger partial charge in [-0.2, -0.15) is 4.98 Å². The molecule has 1 aliphatic carbocycles. The topological polar surface area (TPSA) is 140 Å². The molecule has 2 fully saturated rings. The maximum atomic E-state index is 10.6. The minimum atomic E-state index is -1.60. The lowest BCUT2D eigenvalue weighted by atomic mass is 9.96. The van der Waals surface area contributed by atoms with Crippen LogP contribution in [0.2, 0.25) is 0 Å². The zero-order chi connectivity index (χ0) is 16.4. The molecule has 1 aliphatic heterocycles. The largest absolute Gasteiger partial charge is 0.394 e. The van der Waals surface area contributed by atoms with Crippen LogP contribution in [0.1, 0.15) is 37.6 Å². The molecule has 0 amide bonds. The van der Waals surface area contributed by atoms with Crippen LogP contribution in [0.25, 0.3) is 11.2 Å². The van der Waals surface area contributed by atoms with Crippen molar-refractivity contribution in [2.24, 2.45) is 0 Å². The second-order valence-corrected chi connectivity index (χ2v) is 6.45. The summed E-state index contributed by atoms with van der Waals surface area (Å²) in [6.45, 7) is 1.06. The van der Waals surface area contributed by atoms with Crippen molar-refractivity contribution >= 4 is 17.1 Å². The lowest BCUT2D eigenvalue weighted by Gasteiger charge is -2.27. The lowest BCUT2D eigenvalue weighted by Crippen LogP contribution is -2.44. The normalized spacial score (nSPS) is 34.3. The third-order valence-corrected chi connectivity index (χ3v) is 4.62. The molecule has 2 aromatic rings. The van der Waals surface area contributed by atoms with Gasteiger partial charge < -0.3 is 25.8 Å². The molecule has 4 rings (SSSR count). The summed E-state index contributed by atoms with van der Waals surface area (Å²) >= 11 is 0. The number of nitrogen functional groups attached to an aromatic ring is 1. The highest BCUT2D eigenvalue weighted by molar-refractivity contribution is 5.76. The standard InChI is InChI=1S/C14H19N5O4/c1-14(22)10(21)7(4-20)23-12(14)19-5-16-9-8(6-2-3-6)17-13(15)18-11(9)19/h5-7,10,12,20-22H,2-4H2,1H3,(H2,15,17,18)/t7-,10-,12?,14-/m1/s1. The van der Waals surface area contributed by atoms with Gasteiger partial charge in [-0.05, 0) is 19.8 Å². The molecular weight excluding hydrogens is 302 g/mol. The van der Waals surface area contributed by atoms with Crippen LogP contribution < -0.4 is 5.73 Å². The van der Waals surface area contributed by atoms with Crippen molar-refractivity contribution in [3.05, 3.63) is 12.0 Å². The number of aliphatic hydroxyl groups excluding tert-OH is 2. The van der Waals surface area contributed by atoms with Crippen molar-refractivity contribution < 1.29 is 20.1 Å². The first-order valence-corrected chi connectivity index (χ1v) is 7.60. The molecule has 124 valence electrons. The summed E-state index contributed by atoms with van der Waals surface area (Å²) < 4.78 is 7.16. The third-order valence-electron chi connectivity index (χ3n) is 4.62. The Balaban J connectivity index is 1.83. The highest BCUT2D eigenvalue weighted by Gasteiger charge is 2.53. The molecule has 9 heteroatoms. The van der Waals surface area contributed by atoms with Gasteiger partial charge in [-0.1, -0.05) is 0 Å². The number of hydrogen-bond donors (Lipinski definition) is 4. The van der Waals surface area contributed by atoms with Crippen LogP contribution in [-0.2, 0) is 4.74 Å². The van der Waals surface area contributed by atoms with Crippen molar-refractivity contribution in [2.75, 3.05) is 12.3 Å². The number of nitrogens with two attached hydrogens (primary N) is 1. The average Bonchev–Trinajstić information content (AvgIpc) is 3.23. The van der Waals surface area contributed by atoms with Gasteiger partial charge in [-0.3, -0.25) is 4.57 Å². The number of anilines is 1. The second kappa shape index (κ2) is 4.84. The number of rotatable bonds is 3. The molecule has 9 nitrogen and oxygen atoms in total. The molecule has 2 aliphatic rings. The van der Waals surface area contributed by atoms with Crippen molar-refractivity contribution in [3.63, 3.8) is 0 Å². The first kappa shape index (κ1) is 14.8. The number of imidazole rings is 1. The fraction of sp³-hybridized carbons (Fsp3) is 0.643. The van der Waals surface area contributed by atoms with E-state index < -0.39 is 30.6 Å². The Morgan fingerprint density at radius 1 is 1.43 bits per heavy atom. The summed E-state index contributed by atoms with van der Waals surface area (Å²) in [6, 6.07) is 0. The summed E-state index contributed by atoms with van der Waals surface area (Å²) in [7, 11) is 0. The fourth-order valence-corrected chi connectivity index (χ4v) is 3.16. The Morgan fingerprint density at radius 3 is 2.78 bits per heavy atom. The zero-order valence-corrected chi connectivity index (χ0v) is 12.6. The number of fused-ring (bicyclic) bond motifs is 1. The van der Waals surface area contributed by atoms with E-state index in [9.17, 15) is 15.3 Å². The first-order chi connectivity index (χ1) is 10.9. The van der Waals surface area contributed by atoms with E-state index in [1.54, 1.807) is 0 Å². The van der Waals surface area contributed by atoms with Crippen molar-refractivity contribution in [1.29, 1.82) is 0 Å². The smallest absolute Gasteiger partial charge is 0.222 e. The van der Waals surface area contributed by atoms with E-state index in [0.717, 1.165) is 18.5 Å². The maximum Gasteiger partial charge on any atom is 0.222 e. The molecule has 2 aromatic heterocycles. The number of ether oxygens (including phenoxy) is 1. The zero-order valence-electron chi connectivity index (χ0n) is 12.6. The van der Waals surface area contributed by atoms with Gasteiger partial charge in [-0.15, -0.1) is 0 Å². The Hall–Kier alpha value is -1.81. The highest BCUT2D eigenvalue weighted by atomic mass is 16.6. The van der Waals surface area contributed by atoms with E-state index in [0.29, 0.717) is 17.1 Å². The van der Waals surface area contributed by atoms with Crippen molar-refractivity contribution in [3.8, 4) is 0 Å². The van der Waals surface area contributed by atoms with Gasteiger partial charge in [0.2, 0.25) is 5.95 Å². The van der Waals surface area contributed by atoms with Gasteiger partial charge in [0, 0.05) is 5.92 Å². The Kier molecular flexibility index (Phi) is 3.11. The monoisotopic (exact) mass is 321 g/mol. The molecule has 0 spiro atoms. The molecule has 0 aromatic carbocycles. The van der Waals surface area contributed by atoms with E-state index >= 15 is 0 Å². The van der Waals surface area contributed by atoms with E-state index in [-0.39, 0.29) is 5.95 Å². The quantitative estimate of drug-likeness (QED) is 0.581. The molecule has 0 bridgehead atoms. The molecule has 5 N–H and O–H groups in total. The first-order valence-electron chi connectivity index (χ1n) is 7.60. The minimum absolute atomic E-state index is 0.137. The number of nitrogens with zero attached hydrogens (tertiary/aromatic N) is 4. The SMILES string of the molecule is C[C@]1(O)C(n2cnc3c(C4CC4)nc(N)nc32)O[C@H](CO)[C@H]1O. The van der Waals surface area contributed by atoms with Gasteiger partial charge in [0.15, 0.2) is 11.9 Å². The van der Waals surface area contributed by atoms with Crippen LogP contribution >= 0.6 is 0 Å². The summed E-state index contributed by atoms with van der Waals surface area (Å²) in [4.78, 5) is 12.9. The molecule has 1 unspecified atom stereocenters. The molecule has 1 saturated carbocycles. The Bertz CT molecular complexity index is 757. The number of aliphatic hydroxyl groups is 3. The molecule has 0 radical (unpaired) electrons. The Labute approximate surface area is 131 Å². The maximum absolute atomic E-state index is 10.6. The van der Waals surface area contributed by atoms with Gasteiger partial charge in [0.05, 0.1) is 18.6 Å². The van der Waals surface area contributed by atoms with Crippen molar-refractivity contribution in [1.82, 2.24) is 19.5 Å². The summed E-state index contributed by atoms with van der Waals surface area (Å²) in [6.07, 6.45) is 0.548. The van der Waals surface area contributed by atoms with Crippen LogP contribution in [0.5, 0.6) is 0 Å². The van der Waals surface area contributed by atoms with E-state index in [1.807, 2.05) is 0 Å². The minimum Gasteiger partial charge on any atom is -0.394 e. The van der Waals surface area contributed by atoms with Crippen LogP contribution in [0, 0.1) is 0 Å². The highest BCUT2D eigenvalue weighted by Crippen LogP contribution is 2.43. The molecule has 3 heterocycles. The summed E-state index contributed by atoms with van der Waals surface area (Å²) in [5, 5.41) is 30.0. The molecule has 23 heavy (non-hydrogen) atoms. The van der Waals surface area contributed by atoms with Crippen LogP contribution in [0.15, 0.2) is 6.33 Å². The van der Waals surface area contributed by atoms with E-state index in [4.69, 9.17) is 10.5 Å². The van der Waals surface area contributed by atoms with Crippen LogP contribution in [0.4, 0.5) is 5.95 Å². The van der Waals surface area contributed by atoms with Gasteiger partial charge in [-0.25, -0.2) is 9.97 Å². The molecule has 4 atom stereocenters. The van der Waals surface area contributed by atoms with E-state index in [1.165, 1.54) is 17.8 Å². The Morgan fingerprint density at radius 2 is 2.17 bits per heavy atom. The predicted octanol–water partition coefficient (Wildman–Crippen LogP) is -0.713. The lowest BCUT2D eigenvalue weighted by molar-refractivity contribution is -0.0950. The molecular formula is C14H19N5O4. The van der Waals surface area contributed by atoms with Crippen LogP contribution in [-0.4, -0.2) is 59.3 Å². The second-order valence-electron chi connectivity index (χ2n) is 6.45. The predicted molar refractivity (Wildman–Crippen MR) is 79.3 cm³/mol. The average molecular weight is 321 g/mol. The van der Waals surface area contributed by atoms with Crippen molar-refractivity contribution in [2.45, 2.75) is 49.7 Å². The van der Waals surface area contributed by atoms with Gasteiger partial charge >= 0.3 is 0 Å². The van der Waals surface area contributed by atoms with Gasteiger partial charge in [0.1, 0.15) is 23.3 Å². The van der Waals surface area contributed by atoms with Crippen LogP contribution in [0.3, 0.4) is 0 Å². The van der Waals surface area contributed by atoms with Gasteiger partial charge in [0.25, 0.3) is 0 Å². The fourth-order valence-electron chi connectivity index (χ4n) is 3.16.